The first-order chi connectivity index (χ1) is 6.20. The maximum atomic E-state index is 11.2. The van der Waals surface area contributed by atoms with Crippen molar-refractivity contribution in [2.75, 3.05) is 0 Å². The van der Waals surface area contributed by atoms with Crippen LogP contribution in [0.4, 0.5) is 0 Å². The van der Waals surface area contributed by atoms with Gasteiger partial charge in [0, 0.05) is 17.9 Å². The minimum absolute atomic E-state index is 0.0163. The van der Waals surface area contributed by atoms with E-state index in [1.165, 1.54) is 0 Å². The molecular weight excluding hydrogens is 164 g/mol. The zero-order chi connectivity index (χ0) is 9.84. The van der Waals surface area contributed by atoms with Crippen LogP contribution in [0.15, 0.2) is 24.8 Å². The minimum atomic E-state index is -0.231. The number of carbonyl (C=O) groups is 1. The summed E-state index contributed by atoms with van der Waals surface area (Å²) in [6, 6.07) is 0. The average Bonchev–Trinajstić information content (AvgIpc) is 2.34. The topological polar surface area (TPSA) is 26.3 Å². The predicted molar refractivity (Wildman–Crippen MR) is 52.2 cm³/mol. The van der Waals surface area contributed by atoms with Crippen molar-refractivity contribution in [3.63, 3.8) is 0 Å². The number of carbonyl (C=O) groups excluding carboxylic acids is 1. The summed E-state index contributed by atoms with van der Waals surface area (Å²) in [5, 5.41) is 0. The molecule has 0 unspecified atom stereocenters. The highest BCUT2D eigenvalue weighted by molar-refractivity contribution is 5.90. The molecule has 1 heterocycles. The monoisotopic (exact) mass is 180 g/mol. The Hall–Kier alpha value is -1.05. The maximum absolute atomic E-state index is 11.2. The summed E-state index contributed by atoms with van der Waals surface area (Å²) in [6.45, 7) is 9.50. The molecule has 1 rings (SSSR count). The van der Waals surface area contributed by atoms with Crippen LogP contribution >= 0.6 is 0 Å². The predicted octanol–water partition coefficient (Wildman–Crippen LogP) is 2.46. The lowest BCUT2D eigenvalue weighted by molar-refractivity contribution is -0.139. The average molecular weight is 180 g/mol. The molecule has 0 spiro atoms. The highest BCUT2D eigenvalue weighted by Gasteiger charge is 2.36. The SMILES string of the molecule is C=CC[C@@H]1OC(=O)C(=C)[C@@H]1CCC. The normalized spacial score (nSPS) is 27.5. The molecule has 1 aliphatic heterocycles. The molecule has 2 heteroatoms. The van der Waals surface area contributed by atoms with Crippen molar-refractivity contribution in [2.24, 2.45) is 5.92 Å². The first-order valence-electron chi connectivity index (χ1n) is 4.71. The van der Waals surface area contributed by atoms with Crippen LogP contribution in [0, 0.1) is 5.92 Å². The zero-order valence-electron chi connectivity index (χ0n) is 8.08. The quantitative estimate of drug-likeness (QED) is 0.377. The fourth-order valence-corrected chi connectivity index (χ4v) is 1.72. The van der Waals surface area contributed by atoms with Crippen molar-refractivity contribution in [2.45, 2.75) is 32.3 Å². The maximum Gasteiger partial charge on any atom is 0.334 e. The van der Waals surface area contributed by atoms with E-state index in [4.69, 9.17) is 4.74 Å². The lowest BCUT2D eigenvalue weighted by atomic mass is 9.91. The van der Waals surface area contributed by atoms with Gasteiger partial charge < -0.3 is 4.74 Å². The second-order valence-electron chi connectivity index (χ2n) is 3.39. The second-order valence-corrected chi connectivity index (χ2v) is 3.39. The van der Waals surface area contributed by atoms with Crippen LogP contribution in [0.1, 0.15) is 26.2 Å². The highest BCUT2D eigenvalue weighted by atomic mass is 16.6. The van der Waals surface area contributed by atoms with E-state index in [2.05, 4.69) is 20.1 Å². The molecule has 2 atom stereocenters. The van der Waals surface area contributed by atoms with E-state index < -0.39 is 0 Å². The summed E-state index contributed by atoms with van der Waals surface area (Å²) >= 11 is 0. The standard InChI is InChI=1S/C11H16O2/c1-4-6-9-8(3)11(12)13-10(9)7-5-2/h5,9-10H,2-4,6-7H2,1H3/t9-,10-/m0/s1. The van der Waals surface area contributed by atoms with Crippen molar-refractivity contribution in [1.29, 1.82) is 0 Å². The highest BCUT2D eigenvalue weighted by Crippen LogP contribution is 2.32. The van der Waals surface area contributed by atoms with E-state index in [0.717, 1.165) is 19.3 Å². The largest absolute Gasteiger partial charge is 0.458 e. The van der Waals surface area contributed by atoms with E-state index in [9.17, 15) is 4.79 Å². The van der Waals surface area contributed by atoms with Crippen LogP contribution in [0.25, 0.3) is 0 Å². The molecule has 0 amide bonds. The molecule has 0 aliphatic carbocycles. The summed E-state index contributed by atoms with van der Waals surface area (Å²) in [4.78, 5) is 11.2. The van der Waals surface area contributed by atoms with E-state index in [1.54, 1.807) is 6.08 Å². The summed E-state index contributed by atoms with van der Waals surface area (Å²) in [7, 11) is 0. The van der Waals surface area contributed by atoms with Gasteiger partial charge in [-0.05, 0) is 6.42 Å². The number of ether oxygens (including phenoxy) is 1. The zero-order valence-corrected chi connectivity index (χ0v) is 8.08. The van der Waals surface area contributed by atoms with Gasteiger partial charge in [0.15, 0.2) is 0 Å². The number of hydrogen-bond donors (Lipinski definition) is 0. The molecule has 72 valence electrons. The Bertz CT molecular complexity index is 230. The summed E-state index contributed by atoms with van der Waals surface area (Å²) in [6.07, 6.45) is 4.53. The molecule has 1 saturated heterocycles. The number of esters is 1. The molecule has 2 nitrogen and oxygen atoms in total. The fraction of sp³-hybridized carbons (Fsp3) is 0.545. The Morgan fingerprint density at radius 3 is 2.85 bits per heavy atom. The summed E-state index contributed by atoms with van der Waals surface area (Å²) < 4.78 is 5.17. The molecule has 0 aromatic carbocycles. The Morgan fingerprint density at radius 1 is 1.62 bits per heavy atom. The molecule has 13 heavy (non-hydrogen) atoms. The van der Waals surface area contributed by atoms with Crippen LogP contribution < -0.4 is 0 Å². The van der Waals surface area contributed by atoms with Gasteiger partial charge in [-0.3, -0.25) is 0 Å². The van der Waals surface area contributed by atoms with Gasteiger partial charge in [-0.1, -0.05) is 26.0 Å². The van der Waals surface area contributed by atoms with Gasteiger partial charge in [-0.25, -0.2) is 4.79 Å². The van der Waals surface area contributed by atoms with Crippen LogP contribution in [-0.4, -0.2) is 12.1 Å². The van der Waals surface area contributed by atoms with Crippen LogP contribution in [-0.2, 0) is 9.53 Å². The molecule has 0 aromatic rings. The van der Waals surface area contributed by atoms with Crippen molar-refractivity contribution in [3.8, 4) is 0 Å². The van der Waals surface area contributed by atoms with Gasteiger partial charge in [0.05, 0.1) is 0 Å². The lowest BCUT2D eigenvalue weighted by Crippen LogP contribution is -2.15. The first-order valence-corrected chi connectivity index (χ1v) is 4.71. The minimum Gasteiger partial charge on any atom is -0.458 e. The molecule has 0 saturated carbocycles. The third-order valence-electron chi connectivity index (χ3n) is 2.42. The fourth-order valence-electron chi connectivity index (χ4n) is 1.72. The van der Waals surface area contributed by atoms with Gasteiger partial charge >= 0.3 is 5.97 Å². The van der Waals surface area contributed by atoms with E-state index in [1.807, 2.05) is 0 Å². The van der Waals surface area contributed by atoms with E-state index >= 15 is 0 Å². The van der Waals surface area contributed by atoms with Gasteiger partial charge in [0.1, 0.15) is 6.10 Å². The second kappa shape index (κ2) is 4.26. The lowest BCUT2D eigenvalue weighted by Gasteiger charge is -2.14. The van der Waals surface area contributed by atoms with Crippen molar-refractivity contribution < 1.29 is 9.53 Å². The molecule has 0 aromatic heterocycles. The van der Waals surface area contributed by atoms with E-state index in [-0.39, 0.29) is 18.0 Å². The molecule has 0 bridgehead atoms. The number of cyclic esters (lactones) is 1. The van der Waals surface area contributed by atoms with Crippen LogP contribution in [0.2, 0.25) is 0 Å². The van der Waals surface area contributed by atoms with Gasteiger partial charge in [0.25, 0.3) is 0 Å². The number of hydrogen-bond acceptors (Lipinski definition) is 2. The van der Waals surface area contributed by atoms with Crippen molar-refractivity contribution >= 4 is 5.97 Å². The molecule has 0 N–H and O–H groups in total. The van der Waals surface area contributed by atoms with Gasteiger partial charge in [-0.2, -0.15) is 0 Å². The molecule has 0 radical (unpaired) electrons. The summed E-state index contributed by atoms with van der Waals surface area (Å²) in [5.41, 5.74) is 0.633. The Labute approximate surface area is 79.3 Å². The third kappa shape index (κ3) is 2.00. The van der Waals surface area contributed by atoms with E-state index in [0.29, 0.717) is 5.57 Å². The molecular formula is C11H16O2. The Kier molecular flexibility index (Phi) is 3.29. The van der Waals surface area contributed by atoms with Crippen molar-refractivity contribution in [1.82, 2.24) is 0 Å². The first kappa shape index (κ1) is 10.0. The van der Waals surface area contributed by atoms with Crippen LogP contribution in [0.3, 0.4) is 0 Å². The van der Waals surface area contributed by atoms with Crippen LogP contribution in [0.5, 0.6) is 0 Å². The molecule has 1 fully saturated rings. The smallest absolute Gasteiger partial charge is 0.334 e. The molecule has 1 aliphatic rings. The summed E-state index contributed by atoms with van der Waals surface area (Å²) in [5.74, 6) is -0.0270. The van der Waals surface area contributed by atoms with Gasteiger partial charge in [0.2, 0.25) is 0 Å². The number of rotatable bonds is 4. The Morgan fingerprint density at radius 2 is 2.31 bits per heavy atom. The van der Waals surface area contributed by atoms with Gasteiger partial charge in [-0.15, -0.1) is 6.58 Å². The third-order valence-corrected chi connectivity index (χ3v) is 2.42. The Balaban J connectivity index is 2.67. The van der Waals surface area contributed by atoms with Crippen molar-refractivity contribution in [3.05, 3.63) is 24.8 Å².